The summed E-state index contributed by atoms with van der Waals surface area (Å²) in [7, 11) is 0. The number of ether oxygens (including phenoxy) is 4. The summed E-state index contributed by atoms with van der Waals surface area (Å²) in [5, 5.41) is 21.1. The van der Waals surface area contributed by atoms with Crippen LogP contribution in [0.4, 0.5) is 0 Å². The monoisotopic (exact) mass is 798 g/mol. The normalized spacial score (nSPS) is 15.4. The first kappa shape index (κ1) is 43.1. The molecule has 8 nitrogen and oxygen atoms in total. The summed E-state index contributed by atoms with van der Waals surface area (Å²) < 4.78 is 24.0. The average molecular weight is 800 g/mol. The van der Waals surface area contributed by atoms with Gasteiger partial charge in [-0.2, -0.15) is 0 Å². The highest BCUT2D eigenvalue weighted by Gasteiger charge is 2.21. The lowest BCUT2D eigenvalue weighted by atomic mass is 10.0. The van der Waals surface area contributed by atoms with E-state index >= 15 is 0 Å². The number of nitrogens with two attached hydrogens (primary N) is 1. The summed E-state index contributed by atoms with van der Waals surface area (Å²) in [6, 6.07) is 32.7. The fourth-order valence-electron chi connectivity index (χ4n) is 5.69. The first-order valence-corrected chi connectivity index (χ1v) is 19.3. The SMILES string of the molecule is BrCCC1CCc2ccc(OCc3ccccc3)cc2O1.Cl.NCCCO.OCCCNCCC1CCc2ccc(OCc3ccccc3)cc2O1. The Hall–Kier alpha value is -3.31. The minimum absolute atomic E-state index is 0. The molecule has 52 heavy (non-hydrogen) atoms. The standard InChI is InChI=1S/C21H27NO3.C18H19BrO2.C3H9NO.ClH/c23-14-4-12-22-13-11-19-9-7-18-8-10-20(15-21(18)25-19)24-16-17-5-2-1-3-6-17;19-11-10-16-8-6-15-7-9-17(12-18(15)21-16)20-13-14-4-2-1-3-5-14;4-2-1-3-5;/h1-3,5-6,8,10,15,19,22-23H,4,7,9,11-14,16H2;1-5,7,9,12,16H,6,8,10-11,13H2;5H,1-4H2;1H. The molecule has 0 fully saturated rings. The van der Waals surface area contributed by atoms with Crippen molar-refractivity contribution < 1.29 is 29.2 Å². The molecule has 2 atom stereocenters. The third-order valence-electron chi connectivity index (χ3n) is 8.58. The molecular formula is C42H56BrClN2O6. The van der Waals surface area contributed by atoms with Crippen molar-refractivity contribution in [1.29, 1.82) is 0 Å². The Labute approximate surface area is 324 Å². The van der Waals surface area contributed by atoms with Crippen LogP contribution in [0.3, 0.4) is 0 Å². The third kappa shape index (κ3) is 15.7. The molecule has 0 amide bonds. The minimum atomic E-state index is 0. The Morgan fingerprint density at radius 1 is 0.673 bits per heavy atom. The summed E-state index contributed by atoms with van der Waals surface area (Å²) in [5.41, 5.74) is 9.86. The van der Waals surface area contributed by atoms with E-state index in [0.29, 0.717) is 25.9 Å². The molecule has 2 unspecified atom stereocenters. The van der Waals surface area contributed by atoms with Crippen molar-refractivity contribution in [3.8, 4) is 23.0 Å². The zero-order valence-electron chi connectivity index (χ0n) is 30.1. The highest BCUT2D eigenvalue weighted by molar-refractivity contribution is 9.09. The summed E-state index contributed by atoms with van der Waals surface area (Å²) in [5.74, 6) is 3.66. The molecule has 0 saturated carbocycles. The van der Waals surface area contributed by atoms with Gasteiger partial charge < -0.3 is 40.2 Å². The van der Waals surface area contributed by atoms with Gasteiger partial charge in [-0.3, -0.25) is 0 Å². The van der Waals surface area contributed by atoms with Crippen molar-refractivity contribution >= 4 is 28.3 Å². The summed E-state index contributed by atoms with van der Waals surface area (Å²) in [4.78, 5) is 0. The van der Waals surface area contributed by atoms with Gasteiger partial charge in [0.2, 0.25) is 0 Å². The lowest BCUT2D eigenvalue weighted by molar-refractivity contribution is 0.162. The van der Waals surface area contributed by atoms with Crippen LogP contribution in [0.2, 0.25) is 0 Å². The maximum absolute atomic E-state index is 8.79. The zero-order valence-corrected chi connectivity index (χ0v) is 32.5. The van der Waals surface area contributed by atoms with Crippen molar-refractivity contribution in [2.24, 2.45) is 5.73 Å². The first-order valence-electron chi connectivity index (χ1n) is 18.2. The van der Waals surface area contributed by atoms with E-state index in [9.17, 15) is 0 Å². The van der Waals surface area contributed by atoms with E-state index in [1.165, 1.54) is 16.7 Å². The first-order chi connectivity index (χ1) is 25.1. The molecule has 2 heterocycles. The lowest BCUT2D eigenvalue weighted by Gasteiger charge is -2.26. The van der Waals surface area contributed by atoms with Crippen LogP contribution in [0.25, 0.3) is 0 Å². The number of hydrogen-bond donors (Lipinski definition) is 4. The van der Waals surface area contributed by atoms with E-state index in [2.05, 4.69) is 57.6 Å². The lowest BCUT2D eigenvalue weighted by Crippen LogP contribution is -2.28. The smallest absolute Gasteiger partial charge is 0.126 e. The Balaban J connectivity index is 0.000000247. The maximum atomic E-state index is 8.79. The number of hydrogen-bond acceptors (Lipinski definition) is 8. The predicted octanol–water partition coefficient (Wildman–Crippen LogP) is 7.81. The molecule has 0 saturated heterocycles. The molecule has 4 aromatic rings. The predicted molar refractivity (Wildman–Crippen MR) is 216 cm³/mol. The second-order valence-electron chi connectivity index (χ2n) is 12.6. The molecule has 6 rings (SSSR count). The molecule has 0 radical (unpaired) electrons. The Morgan fingerprint density at radius 3 is 1.62 bits per heavy atom. The number of nitrogens with one attached hydrogen (secondary N) is 1. The van der Waals surface area contributed by atoms with Gasteiger partial charge in [0.1, 0.15) is 42.3 Å². The van der Waals surface area contributed by atoms with Crippen LogP contribution in [-0.2, 0) is 26.1 Å². The number of halogens is 2. The van der Waals surface area contributed by atoms with Gasteiger partial charge in [0, 0.05) is 30.7 Å². The molecule has 0 bridgehead atoms. The third-order valence-corrected chi connectivity index (χ3v) is 9.04. The van der Waals surface area contributed by atoms with Gasteiger partial charge >= 0.3 is 0 Å². The van der Waals surface area contributed by atoms with Crippen molar-refractivity contribution in [1.82, 2.24) is 5.32 Å². The average Bonchev–Trinajstić information content (AvgIpc) is 3.17. The van der Waals surface area contributed by atoms with E-state index < -0.39 is 0 Å². The van der Waals surface area contributed by atoms with E-state index in [0.717, 1.165) is 98.3 Å². The topological polar surface area (TPSA) is 115 Å². The molecule has 10 heteroatoms. The molecular weight excluding hydrogens is 744 g/mol. The molecule has 4 aromatic carbocycles. The Morgan fingerprint density at radius 2 is 1.17 bits per heavy atom. The molecule has 2 aliphatic rings. The number of aliphatic hydroxyl groups excluding tert-OH is 2. The maximum Gasteiger partial charge on any atom is 0.126 e. The van der Waals surface area contributed by atoms with E-state index in [4.69, 9.17) is 34.9 Å². The van der Waals surface area contributed by atoms with E-state index in [1.54, 1.807) is 0 Å². The highest BCUT2D eigenvalue weighted by Crippen LogP contribution is 2.33. The molecule has 0 aromatic heterocycles. The van der Waals surface area contributed by atoms with Gasteiger partial charge in [0.25, 0.3) is 0 Å². The largest absolute Gasteiger partial charge is 0.490 e. The van der Waals surface area contributed by atoms with Crippen molar-refractivity contribution in [3.05, 3.63) is 119 Å². The van der Waals surface area contributed by atoms with Crippen molar-refractivity contribution in [2.75, 3.05) is 38.2 Å². The number of rotatable bonds is 16. The second-order valence-corrected chi connectivity index (χ2v) is 13.4. The minimum Gasteiger partial charge on any atom is -0.490 e. The molecule has 0 spiro atoms. The molecule has 0 aliphatic carbocycles. The summed E-state index contributed by atoms with van der Waals surface area (Å²) in [6.07, 6.45) is 8.42. The van der Waals surface area contributed by atoms with Crippen LogP contribution in [0.15, 0.2) is 97.1 Å². The van der Waals surface area contributed by atoms with Crippen LogP contribution in [0.1, 0.15) is 60.8 Å². The van der Waals surface area contributed by atoms with Crippen molar-refractivity contribution in [2.45, 2.75) is 76.8 Å². The van der Waals surface area contributed by atoms with Crippen LogP contribution in [-0.4, -0.2) is 60.6 Å². The van der Waals surface area contributed by atoms with Gasteiger partial charge in [0.05, 0.1) is 6.10 Å². The number of benzene rings is 4. The number of alkyl halides is 1. The fourth-order valence-corrected chi connectivity index (χ4v) is 6.20. The zero-order chi connectivity index (χ0) is 35.9. The van der Waals surface area contributed by atoms with Crippen LogP contribution in [0.5, 0.6) is 23.0 Å². The quantitative estimate of drug-likeness (QED) is 0.0671. The highest BCUT2D eigenvalue weighted by atomic mass is 79.9. The molecule has 2 aliphatic heterocycles. The van der Waals surface area contributed by atoms with E-state index in [1.807, 2.05) is 60.7 Å². The van der Waals surface area contributed by atoms with Crippen LogP contribution >= 0.6 is 28.3 Å². The summed E-state index contributed by atoms with van der Waals surface area (Å²) in [6.45, 7) is 3.99. The van der Waals surface area contributed by atoms with Gasteiger partial charge in [-0.25, -0.2) is 0 Å². The van der Waals surface area contributed by atoms with Crippen LogP contribution in [0, 0.1) is 0 Å². The Bertz CT molecular complexity index is 1520. The fraction of sp³-hybridized carbons (Fsp3) is 0.429. The summed E-state index contributed by atoms with van der Waals surface area (Å²) >= 11 is 3.49. The number of fused-ring (bicyclic) bond motifs is 2. The van der Waals surface area contributed by atoms with Gasteiger partial charge in [-0.1, -0.05) is 88.7 Å². The van der Waals surface area contributed by atoms with Gasteiger partial charge in [0.15, 0.2) is 0 Å². The number of aliphatic hydroxyl groups is 2. The number of aryl methyl sites for hydroxylation is 2. The molecule has 284 valence electrons. The van der Waals surface area contributed by atoms with Gasteiger partial charge in [-0.15, -0.1) is 12.4 Å². The molecule has 5 N–H and O–H groups in total. The second kappa shape index (κ2) is 25.6. The van der Waals surface area contributed by atoms with Gasteiger partial charge in [-0.05, 0) is 105 Å². The van der Waals surface area contributed by atoms with E-state index in [-0.39, 0.29) is 31.7 Å². The van der Waals surface area contributed by atoms with Crippen LogP contribution < -0.4 is 30.0 Å². The van der Waals surface area contributed by atoms with Crippen molar-refractivity contribution in [3.63, 3.8) is 0 Å². The Kier molecular flexibility index (Phi) is 21.2.